The molecule has 4 rings (SSSR count). The standard InChI is InChI=1S/C21H25NO.CH4O3S/c1-22-14-19-16-9-6-10-21(23-2)18(16)12-11-17(19)20(22)13-15-7-4-3-5-8-15;1-5(2,3)4/h3-10,17,19-20H,11-14H2,1-2H3;1H3,(H,2,3,4)/t17?,19-,20-;/m1./s1. The first-order valence-electron chi connectivity index (χ1n) is 9.60. The van der Waals surface area contributed by atoms with Crippen molar-refractivity contribution in [3.05, 3.63) is 65.2 Å². The van der Waals surface area contributed by atoms with Crippen LogP contribution < -0.4 is 4.74 Å². The third kappa shape index (κ3) is 4.93. The maximum atomic E-state index is 9.19. The van der Waals surface area contributed by atoms with Crippen molar-refractivity contribution in [3.8, 4) is 5.75 Å². The molecule has 1 aliphatic heterocycles. The predicted octanol–water partition coefficient (Wildman–Crippen LogP) is 3.40. The second-order valence-corrected chi connectivity index (χ2v) is 9.23. The summed E-state index contributed by atoms with van der Waals surface area (Å²) in [5, 5.41) is 0. The molecule has 1 heterocycles. The van der Waals surface area contributed by atoms with Crippen LogP contribution in [-0.4, -0.2) is 50.9 Å². The molecule has 6 heteroatoms. The highest BCUT2D eigenvalue weighted by molar-refractivity contribution is 7.85. The molecule has 0 radical (unpaired) electrons. The molecule has 2 aromatic carbocycles. The van der Waals surface area contributed by atoms with Gasteiger partial charge in [0.15, 0.2) is 0 Å². The van der Waals surface area contributed by atoms with Crippen LogP contribution in [0.4, 0.5) is 0 Å². The van der Waals surface area contributed by atoms with Gasteiger partial charge in [0.05, 0.1) is 13.4 Å². The minimum atomic E-state index is -3.67. The molecule has 3 atom stereocenters. The number of benzene rings is 2. The van der Waals surface area contributed by atoms with Crippen molar-refractivity contribution >= 4 is 10.1 Å². The van der Waals surface area contributed by atoms with E-state index in [9.17, 15) is 8.42 Å². The molecule has 1 saturated heterocycles. The van der Waals surface area contributed by atoms with Crippen molar-refractivity contribution in [2.45, 2.75) is 31.2 Å². The average Bonchev–Trinajstić information content (AvgIpc) is 2.96. The molecule has 1 fully saturated rings. The minimum absolute atomic E-state index is 0.654. The van der Waals surface area contributed by atoms with Crippen LogP contribution in [0.1, 0.15) is 29.0 Å². The summed E-state index contributed by atoms with van der Waals surface area (Å²) in [6.07, 6.45) is 4.31. The molecule has 0 aromatic heterocycles. The van der Waals surface area contributed by atoms with Gasteiger partial charge < -0.3 is 9.64 Å². The highest BCUT2D eigenvalue weighted by atomic mass is 32.2. The summed E-state index contributed by atoms with van der Waals surface area (Å²) in [7, 11) is 0.423. The Labute approximate surface area is 168 Å². The van der Waals surface area contributed by atoms with E-state index in [2.05, 4.69) is 60.5 Å². The van der Waals surface area contributed by atoms with Crippen LogP contribution in [0, 0.1) is 5.92 Å². The molecule has 1 N–H and O–H groups in total. The van der Waals surface area contributed by atoms with Gasteiger partial charge in [-0.1, -0.05) is 42.5 Å². The Morgan fingerprint density at radius 3 is 2.46 bits per heavy atom. The van der Waals surface area contributed by atoms with Gasteiger partial charge in [0.1, 0.15) is 5.75 Å². The van der Waals surface area contributed by atoms with Crippen molar-refractivity contribution in [2.24, 2.45) is 5.92 Å². The monoisotopic (exact) mass is 403 g/mol. The van der Waals surface area contributed by atoms with Crippen LogP contribution in [0.3, 0.4) is 0 Å². The fourth-order valence-electron chi connectivity index (χ4n) is 4.76. The molecule has 0 bridgehead atoms. The van der Waals surface area contributed by atoms with Crippen molar-refractivity contribution in [3.63, 3.8) is 0 Å². The van der Waals surface area contributed by atoms with Gasteiger partial charge in [-0.2, -0.15) is 8.42 Å². The lowest BCUT2D eigenvalue weighted by atomic mass is 9.73. The van der Waals surface area contributed by atoms with Crippen LogP contribution in [0.25, 0.3) is 0 Å². The zero-order valence-corrected chi connectivity index (χ0v) is 17.5. The van der Waals surface area contributed by atoms with Crippen molar-refractivity contribution in [1.82, 2.24) is 4.90 Å². The molecule has 0 spiro atoms. The van der Waals surface area contributed by atoms with Crippen molar-refractivity contribution in [2.75, 3.05) is 27.0 Å². The lowest BCUT2D eigenvalue weighted by Gasteiger charge is -2.32. The molecular weight excluding hydrogens is 374 g/mol. The topological polar surface area (TPSA) is 66.8 Å². The maximum Gasteiger partial charge on any atom is 0.261 e. The van der Waals surface area contributed by atoms with E-state index in [1.807, 2.05) is 0 Å². The summed E-state index contributed by atoms with van der Waals surface area (Å²) in [5.41, 5.74) is 4.44. The number of fused-ring (bicyclic) bond motifs is 3. The highest BCUT2D eigenvalue weighted by Gasteiger charge is 2.43. The van der Waals surface area contributed by atoms with Gasteiger partial charge in [0.2, 0.25) is 0 Å². The Morgan fingerprint density at radius 1 is 1.14 bits per heavy atom. The predicted molar refractivity (Wildman–Crippen MR) is 112 cm³/mol. The maximum absolute atomic E-state index is 9.19. The Hall–Kier alpha value is -1.89. The molecule has 0 amide bonds. The second kappa shape index (κ2) is 8.64. The first-order chi connectivity index (χ1) is 13.3. The Morgan fingerprint density at radius 2 is 1.82 bits per heavy atom. The van der Waals surface area contributed by atoms with Crippen molar-refractivity contribution < 1.29 is 17.7 Å². The van der Waals surface area contributed by atoms with E-state index < -0.39 is 10.1 Å². The summed E-state index contributed by atoms with van der Waals surface area (Å²) in [4.78, 5) is 2.58. The smallest absolute Gasteiger partial charge is 0.261 e. The molecule has 2 aromatic rings. The lowest BCUT2D eigenvalue weighted by molar-refractivity contribution is 0.258. The summed E-state index contributed by atoms with van der Waals surface area (Å²) < 4.78 is 31.5. The van der Waals surface area contributed by atoms with E-state index in [0.717, 1.165) is 24.5 Å². The second-order valence-electron chi connectivity index (χ2n) is 7.77. The number of nitrogens with zero attached hydrogens (tertiary/aromatic N) is 1. The SMILES string of the molecule is COc1cccc2c1CCC1[C@@H]2CN(C)[C@@H]1Cc1ccccc1.CS(=O)(=O)O. The van der Waals surface area contributed by atoms with Gasteiger partial charge in [0, 0.05) is 18.5 Å². The van der Waals surface area contributed by atoms with Crippen LogP contribution in [0.2, 0.25) is 0 Å². The Balaban J connectivity index is 0.000000403. The molecule has 2 aliphatic rings. The van der Waals surface area contributed by atoms with E-state index in [0.29, 0.717) is 18.2 Å². The number of hydrogen-bond acceptors (Lipinski definition) is 4. The van der Waals surface area contributed by atoms with Gasteiger partial charge >= 0.3 is 0 Å². The zero-order chi connectivity index (χ0) is 20.3. The number of hydrogen-bond donors (Lipinski definition) is 1. The van der Waals surface area contributed by atoms with Crippen LogP contribution >= 0.6 is 0 Å². The van der Waals surface area contributed by atoms with Gasteiger partial charge in [-0.25, -0.2) is 0 Å². The number of ether oxygens (including phenoxy) is 1. The van der Waals surface area contributed by atoms with Crippen LogP contribution in [0.5, 0.6) is 5.75 Å². The van der Waals surface area contributed by atoms with Gasteiger partial charge in [-0.3, -0.25) is 4.55 Å². The summed E-state index contributed by atoms with van der Waals surface area (Å²) in [5.74, 6) is 2.50. The molecule has 0 saturated carbocycles. The molecule has 1 aliphatic carbocycles. The van der Waals surface area contributed by atoms with Gasteiger partial charge in [-0.15, -0.1) is 0 Å². The van der Waals surface area contributed by atoms with Gasteiger partial charge in [-0.05, 0) is 55.0 Å². The fraction of sp³-hybridized carbons (Fsp3) is 0.455. The van der Waals surface area contributed by atoms with E-state index in [1.54, 1.807) is 7.11 Å². The minimum Gasteiger partial charge on any atom is -0.496 e. The quantitative estimate of drug-likeness (QED) is 0.796. The number of likely N-dealkylation sites (N-methyl/N-ethyl adjacent to an activating group) is 1. The number of likely N-dealkylation sites (tertiary alicyclic amines) is 1. The third-order valence-electron chi connectivity index (χ3n) is 5.87. The first-order valence-corrected chi connectivity index (χ1v) is 11.4. The van der Waals surface area contributed by atoms with Gasteiger partial charge in [0.25, 0.3) is 10.1 Å². The average molecular weight is 404 g/mol. The van der Waals surface area contributed by atoms with E-state index >= 15 is 0 Å². The Kier molecular flexibility index (Phi) is 6.43. The largest absolute Gasteiger partial charge is 0.496 e. The molecule has 1 unspecified atom stereocenters. The third-order valence-corrected chi connectivity index (χ3v) is 5.87. The fourth-order valence-corrected chi connectivity index (χ4v) is 4.76. The zero-order valence-electron chi connectivity index (χ0n) is 16.7. The van der Waals surface area contributed by atoms with E-state index in [4.69, 9.17) is 9.29 Å². The number of methoxy groups -OCH3 is 1. The van der Waals surface area contributed by atoms with Crippen LogP contribution in [0.15, 0.2) is 48.5 Å². The molecule has 5 nitrogen and oxygen atoms in total. The van der Waals surface area contributed by atoms with E-state index in [1.165, 1.54) is 29.7 Å². The van der Waals surface area contributed by atoms with Crippen molar-refractivity contribution in [1.29, 1.82) is 0 Å². The molecule has 28 heavy (non-hydrogen) atoms. The molecule has 152 valence electrons. The Bertz CT molecular complexity index is 890. The normalized spacial score (nSPS) is 23.9. The highest BCUT2D eigenvalue weighted by Crippen LogP contribution is 2.47. The summed E-state index contributed by atoms with van der Waals surface area (Å²) in [6, 6.07) is 18.2. The number of rotatable bonds is 3. The van der Waals surface area contributed by atoms with E-state index in [-0.39, 0.29) is 0 Å². The first kappa shape index (κ1) is 20.8. The molecular formula is C22H29NO4S. The summed E-state index contributed by atoms with van der Waals surface area (Å²) >= 11 is 0. The summed E-state index contributed by atoms with van der Waals surface area (Å²) in [6.45, 7) is 1.17. The van der Waals surface area contributed by atoms with Crippen LogP contribution in [-0.2, 0) is 23.0 Å². The lowest BCUT2D eigenvalue weighted by Crippen LogP contribution is -2.32.